The van der Waals surface area contributed by atoms with Crippen LogP contribution < -0.4 is 4.72 Å². The second-order valence-electron chi connectivity index (χ2n) is 3.14. The molecule has 0 aliphatic carbocycles. The molecule has 0 unspecified atom stereocenters. The first-order valence-electron chi connectivity index (χ1n) is 4.55. The van der Waals surface area contributed by atoms with E-state index in [1.165, 1.54) is 29.8 Å². The van der Waals surface area contributed by atoms with Crippen LogP contribution in [0.3, 0.4) is 0 Å². The maximum atomic E-state index is 11.9. The number of hydrogen-bond acceptors (Lipinski definition) is 5. The molecule has 1 N–H and O–H groups in total. The van der Waals surface area contributed by atoms with Crippen molar-refractivity contribution in [2.45, 2.75) is 11.4 Å². The molecule has 0 spiro atoms. The van der Waals surface area contributed by atoms with Crippen LogP contribution in [0.2, 0.25) is 0 Å². The van der Waals surface area contributed by atoms with Crippen molar-refractivity contribution in [1.29, 1.82) is 0 Å². The van der Waals surface area contributed by atoms with Crippen molar-refractivity contribution in [3.63, 3.8) is 0 Å². The fourth-order valence-corrected chi connectivity index (χ4v) is 3.18. The van der Waals surface area contributed by atoms with Crippen molar-refractivity contribution in [3.05, 3.63) is 39.5 Å². The van der Waals surface area contributed by atoms with Crippen molar-refractivity contribution < 1.29 is 8.42 Å². The Morgan fingerprint density at radius 3 is 2.88 bits per heavy atom. The number of hydrogen-bond donors (Lipinski definition) is 1. The number of pyridine rings is 1. The normalized spacial score (nSPS) is 11.6. The van der Waals surface area contributed by atoms with Crippen molar-refractivity contribution in [2.24, 2.45) is 0 Å². The Hall–Kier alpha value is -0.830. The Bertz CT molecular complexity index is 598. The van der Waals surface area contributed by atoms with Gasteiger partial charge in [0.15, 0.2) is 0 Å². The molecular formula is C9H8BrN3O2S2. The van der Waals surface area contributed by atoms with Gasteiger partial charge in [-0.15, -0.1) is 11.3 Å². The predicted octanol–water partition coefficient (Wildman–Crippen LogP) is 1.78. The van der Waals surface area contributed by atoms with Crippen LogP contribution in [0, 0.1) is 0 Å². The van der Waals surface area contributed by atoms with Crippen LogP contribution in [0.15, 0.2) is 38.7 Å². The SMILES string of the molecule is O=S(=O)(NCc1cscn1)c1cncc(Br)c1. The van der Waals surface area contributed by atoms with Gasteiger partial charge >= 0.3 is 0 Å². The molecule has 90 valence electrons. The molecule has 0 saturated heterocycles. The molecule has 0 radical (unpaired) electrons. The highest BCUT2D eigenvalue weighted by atomic mass is 79.9. The molecule has 2 aromatic heterocycles. The lowest BCUT2D eigenvalue weighted by Gasteiger charge is -2.04. The zero-order chi connectivity index (χ0) is 12.3. The van der Waals surface area contributed by atoms with Crippen LogP contribution in [0.1, 0.15) is 5.69 Å². The highest BCUT2D eigenvalue weighted by molar-refractivity contribution is 9.10. The van der Waals surface area contributed by atoms with Crippen LogP contribution in [0.4, 0.5) is 0 Å². The minimum absolute atomic E-state index is 0.127. The van der Waals surface area contributed by atoms with Crippen LogP contribution in [-0.4, -0.2) is 18.4 Å². The lowest BCUT2D eigenvalue weighted by atomic mass is 10.5. The van der Waals surface area contributed by atoms with Gasteiger partial charge in [0, 0.05) is 22.2 Å². The van der Waals surface area contributed by atoms with E-state index in [9.17, 15) is 8.42 Å². The summed E-state index contributed by atoms with van der Waals surface area (Å²) < 4.78 is 26.8. The number of nitrogens with zero attached hydrogens (tertiary/aromatic N) is 2. The van der Waals surface area contributed by atoms with Gasteiger partial charge in [-0.05, 0) is 22.0 Å². The van der Waals surface area contributed by atoms with E-state index in [1.807, 2.05) is 0 Å². The number of thiazole rings is 1. The third kappa shape index (κ3) is 3.32. The van der Waals surface area contributed by atoms with E-state index in [0.29, 0.717) is 10.2 Å². The Labute approximate surface area is 111 Å². The number of aromatic nitrogens is 2. The fraction of sp³-hybridized carbons (Fsp3) is 0.111. The molecule has 0 amide bonds. The lowest BCUT2D eigenvalue weighted by molar-refractivity contribution is 0.580. The summed E-state index contributed by atoms with van der Waals surface area (Å²) in [6, 6.07) is 1.50. The molecule has 0 atom stereocenters. The summed E-state index contributed by atoms with van der Waals surface area (Å²) in [6.07, 6.45) is 2.83. The molecule has 0 fully saturated rings. The summed E-state index contributed by atoms with van der Waals surface area (Å²) in [5.74, 6) is 0. The standard InChI is InChI=1S/C9H8BrN3O2S2/c10-7-1-9(4-11-2-7)17(14,15)13-3-8-5-16-6-12-8/h1-2,4-6,13H,3H2. The molecule has 0 aliphatic rings. The van der Waals surface area contributed by atoms with E-state index < -0.39 is 10.0 Å². The quantitative estimate of drug-likeness (QED) is 0.925. The summed E-state index contributed by atoms with van der Waals surface area (Å²) in [5, 5.41) is 1.79. The number of sulfonamides is 1. The summed E-state index contributed by atoms with van der Waals surface area (Å²) in [4.78, 5) is 7.94. The second kappa shape index (κ2) is 5.21. The van der Waals surface area contributed by atoms with E-state index in [4.69, 9.17) is 0 Å². The topological polar surface area (TPSA) is 72.0 Å². The Morgan fingerprint density at radius 1 is 1.41 bits per heavy atom. The van der Waals surface area contributed by atoms with E-state index in [0.717, 1.165) is 0 Å². The van der Waals surface area contributed by atoms with Gasteiger partial charge in [-0.1, -0.05) is 0 Å². The summed E-state index contributed by atoms with van der Waals surface area (Å²) >= 11 is 4.60. The number of rotatable bonds is 4. The third-order valence-electron chi connectivity index (χ3n) is 1.92. The molecule has 2 heterocycles. The van der Waals surface area contributed by atoms with Gasteiger partial charge in [0.2, 0.25) is 10.0 Å². The molecule has 17 heavy (non-hydrogen) atoms. The largest absolute Gasteiger partial charge is 0.262 e. The molecule has 0 aromatic carbocycles. The first-order chi connectivity index (χ1) is 8.08. The zero-order valence-corrected chi connectivity index (χ0v) is 11.7. The van der Waals surface area contributed by atoms with E-state index in [1.54, 1.807) is 10.9 Å². The third-order valence-corrected chi connectivity index (χ3v) is 4.35. The van der Waals surface area contributed by atoms with Gasteiger partial charge in [0.1, 0.15) is 4.90 Å². The highest BCUT2D eigenvalue weighted by Gasteiger charge is 2.14. The first kappa shape index (κ1) is 12.6. The predicted molar refractivity (Wildman–Crippen MR) is 68.1 cm³/mol. The van der Waals surface area contributed by atoms with Gasteiger partial charge in [-0.25, -0.2) is 18.1 Å². The Balaban J connectivity index is 2.14. The van der Waals surface area contributed by atoms with Gasteiger partial charge in [0.05, 0.1) is 17.7 Å². The molecule has 5 nitrogen and oxygen atoms in total. The number of halogens is 1. The fourth-order valence-electron chi connectivity index (χ4n) is 1.12. The minimum atomic E-state index is -3.54. The van der Waals surface area contributed by atoms with Gasteiger partial charge in [-0.2, -0.15) is 0 Å². The van der Waals surface area contributed by atoms with E-state index >= 15 is 0 Å². The summed E-state index contributed by atoms with van der Waals surface area (Å²) in [6.45, 7) is 0.179. The second-order valence-corrected chi connectivity index (χ2v) is 6.54. The highest BCUT2D eigenvalue weighted by Crippen LogP contribution is 2.14. The molecule has 2 aromatic rings. The van der Waals surface area contributed by atoms with Crippen LogP contribution in [-0.2, 0) is 16.6 Å². The molecule has 2 rings (SSSR count). The summed E-state index contributed by atoms with van der Waals surface area (Å²) in [7, 11) is -3.54. The van der Waals surface area contributed by atoms with E-state index in [-0.39, 0.29) is 11.4 Å². The van der Waals surface area contributed by atoms with Gasteiger partial charge < -0.3 is 0 Å². The number of nitrogens with one attached hydrogen (secondary N) is 1. The minimum Gasteiger partial charge on any atom is -0.262 e. The van der Waals surface area contributed by atoms with Gasteiger partial charge in [-0.3, -0.25) is 4.98 Å². The van der Waals surface area contributed by atoms with Gasteiger partial charge in [0.25, 0.3) is 0 Å². The molecular weight excluding hydrogens is 326 g/mol. The zero-order valence-electron chi connectivity index (χ0n) is 8.50. The smallest absolute Gasteiger partial charge is 0.242 e. The average molecular weight is 334 g/mol. The Kier molecular flexibility index (Phi) is 3.87. The lowest BCUT2D eigenvalue weighted by Crippen LogP contribution is -2.23. The van der Waals surface area contributed by atoms with Crippen LogP contribution in [0.5, 0.6) is 0 Å². The maximum Gasteiger partial charge on any atom is 0.242 e. The van der Waals surface area contributed by atoms with Crippen LogP contribution in [0.25, 0.3) is 0 Å². The van der Waals surface area contributed by atoms with Crippen LogP contribution >= 0.6 is 27.3 Å². The molecule has 8 heteroatoms. The molecule has 0 bridgehead atoms. The molecule has 0 aliphatic heterocycles. The first-order valence-corrected chi connectivity index (χ1v) is 7.77. The van der Waals surface area contributed by atoms with E-state index in [2.05, 4.69) is 30.6 Å². The average Bonchev–Trinajstić information content (AvgIpc) is 2.79. The van der Waals surface area contributed by atoms with Crippen molar-refractivity contribution in [3.8, 4) is 0 Å². The maximum absolute atomic E-state index is 11.9. The summed E-state index contributed by atoms with van der Waals surface area (Å²) in [5.41, 5.74) is 2.35. The Morgan fingerprint density at radius 2 is 2.24 bits per heavy atom. The van der Waals surface area contributed by atoms with Crippen molar-refractivity contribution in [2.75, 3.05) is 0 Å². The van der Waals surface area contributed by atoms with Crippen molar-refractivity contribution in [1.82, 2.24) is 14.7 Å². The molecule has 0 saturated carbocycles. The monoisotopic (exact) mass is 333 g/mol. The van der Waals surface area contributed by atoms with Crippen molar-refractivity contribution >= 4 is 37.3 Å².